The lowest BCUT2D eigenvalue weighted by atomic mass is 10.00. The number of hydrogen-bond acceptors (Lipinski definition) is 2. The first kappa shape index (κ1) is 26.1. The molecule has 2 amide bonds. The van der Waals surface area contributed by atoms with Crippen molar-refractivity contribution in [3.05, 3.63) is 81.8 Å². The highest BCUT2D eigenvalue weighted by molar-refractivity contribution is 6.36. The van der Waals surface area contributed by atoms with Gasteiger partial charge in [0.15, 0.2) is 0 Å². The number of halogens is 2. The van der Waals surface area contributed by atoms with Crippen molar-refractivity contribution < 1.29 is 9.59 Å². The Bertz CT molecular complexity index is 1120. The maximum absolute atomic E-state index is 13.6. The Morgan fingerprint density at radius 1 is 0.912 bits per heavy atom. The number of nitrogens with one attached hydrogen (secondary N) is 1. The van der Waals surface area contributed by atoms with E-state index < -0.39 is 6.04 Å². The first-order valence-corrected chi connectivity index (χ1v) is 12.6. The molecule has 0 aromatic heterocycles. The summed E-state index contributed by atoms with van der Waals surface area (Å²) in [7, 11) is 0. The number of nitrogens with zero attached hydrogens (tertiary/aromatic N) is 1. The van der Waals surface area contributed by atoms with E-state index >= 15 is 0 Å². The molecule has 0 aliphatic rings. The van der Waals surface area contributed by atoms with Crippen molar-refractivity contribution in [2.45, 2.75) is 65.1 Å². The second-order valence-corrected chi connectivity index (χ2v) is 9.42. The number of carbonyl (C=O) groups is 2. The van der Waals surface area contributed by atoms with Crippen molar-refractivity contribution in [2.75, 3.05) is 0 Å². The van der Waals surface area contributed by atoms with E-state index in [9.17, 15) is 9.59 Å². The molecule has 0 spiro atoms. The van der Waals surface area contributed by atoms with Crippen molar-refractivity contribution in [2.24, 2.45) is 0 Å². The Hall–Kier alpha value is -2.56. The van der Waals surface area contributed by atoms with Crippen LogP contribution in [-0.2, 0) is 22.6 Å². The molecule has 1 N–H and O–H groups in total. The molecule has 0 aliphatic heterocycles. The number of rotatable bonds is 10. The van der Waals surface area contributed by atoms with Gasteiger partial charge in [0.25, 0.3) is 0 Å². The molecule has 0 heterocycles. The van der Waals surface area contributed by atoms with Gasteiger partial charge in [0.2, 0.25) is 11.8 Å². The summed E-state index contributed by atoms with van der Waals surface area (Å²) >= 11 is 12.9. The molecule has 0 radical (unpaired) electrons. The first-order chi connectivity index (χ1) is 16.3. The van der Waals surface area contributed by atoms with Gasteiger partial charge < -0.3 is 10.2 Å². The van der Waals surface area contributed by atoms with Gasteiger partial charge in [-0.15, -0.1) is 0 Å². The largest absolute Gasteiger partial charge is 0.352 e. The Kier molecular flexibility index (Phi) is 9.37. The number of hydrogen-bond donors (Lipinski definition) is 1. The Morgan fingerprint density at radius 3 is 2.24 bits per heavy atom. The quantitative estimate of drug-likeness (QED) is 0.334. The van der Waals surface area contributed by atoms with Crippen molar-refractivity contribution in [1.29, 1.82) is 0 Å². The minimum atomic E-state index is -0.610. The molecular formula is C28H32Cl2N2O2. The third-order valence-electron chi connectivity index (χ3n) is 6.27. The lowest BCUT2D eigenvalue weighted by molar-refractivity contribution is -0.141. The van der Waals surface area contributed by atoms with Crippen LogP contribution in [0, 0.1) is 0 Å². The summed E-state index contributed by atoms with van der Waals surface area (Å²) in [5.41, 5.74) is 1.76. The van der Waals surface area contributed by atoms with Gasteiger partial charge in [0.1, 0.15) is 6.04 Å². The van der Waals surface area contributed by atoms with Crippen LogP contribution in [0.2, 0.25) is 10.0 Å². The highest BCUT2D eigenvalue weighted by Crippen LogP contribution is 2.28. The van der Waals surface area contributed by atoms with Crippen LogP contribution in [0.1, 0.15) is 51.2 Å². The van der Waals surface area contributed by atoms with E-state index in [1.807, 2.05) is 39.0 Å². The Balaban J connectivity index is 1.88. The average molecular weight is 499 g/mol. The molecule has 3 aromatic rings. The predicted molar refractivity (Wildman–Crippen MR) is 141 cm³/mol. The fraction of sp³-hybridized carbons (Fsp3) is 0.357. The topological polar surface area (TPSA) is 49.4 Å². The SMILES string of the molecule is CC[C@@H](C)NC(=O)[C@H](CC)N(Cc1c(Cl)cccc1Cl)C(=O)CCc1cccc2ccccc12. The maximum atomic E-state index is 13.6. The Labute approximate surface area is 212 Å². The molecule has 0 saturated heterocycles. The molecule has 0 unspecified atom stereocenters. The summed E-state index contributed by atoms with van der Waals surface area (Å²) in [6.45, 7) is 6.07. The van der Waals surface area contributed by atoms with Crippen LogP contribution >= 0.6 is 23.2 Å². The van der Waals surface area contributed by atoms with Crippen LogP contribution in [0.15, 0.2) is 60.7 Å². The van der Waals surface area contributed by atoms with Crippen molar-refractivity contribution >= 4 is 45.8 Å². The molecule has 4 nitrogen and oxygen atoms in total. The van der Waals surface area contributed by atoms with Gasteiger partial charge in [-0.2, -0.15) is 0 Å². The molecule has 3 rings (SSSR count). The zero-order valence-corrected chi connectivity index (χ0v) is 21.5. The smallest absolute Gasteiger partial charge is 0.243 e. The lowest BCUT2D eigenvalue weighted by Gasteiger charge is -2.32. The molecule has 180 valence electrons. The third-order valence-corrected chi connectivity index (χ3v) is 6.97. The second-order valence-electron chi connectivity index (χ2n) is 8.60. The van der Waals surface area contributed by atoms with Gasteiger partial charge in [-0.1, -0.05) is 85.6 Å². The molecule has 2 atom stereocenters. The average Bonchev–Trinajstić information content (AvgIpc) is 2.84. The van der Waals surface area contributed by atoms with Gasteiger partial charge in [-0.25, -0.2) is 0 Å². The van der Waals surface area contributed by atoms with E-state index in [1.54, 1.807) is 23.1 Å². The minimum absolute atomic E-state index is 0.0260. The number of benzene rings is 3. The first-order valence-electron chi connectivity index (χ1n) is 11.8. The zero-order valence-electron chi connectivity index (χ0n) is 20.0. The standard InChI is InChI=1S/C28H32Cl2N2O2/c1-4-19(3)31-28(34)26(5-2)32(18-23-24(29)14-9-15-25(23)30)27(33)17-16-21-12-8-11-20-10-6-7-13-22(20)21/h6-15,19,26H,4-5,16-18H2,1-3H3,(H,31,34)/t19-,26+/m1/s1. The Morgan fingerprint density at radius 2 is 1.56 bits per heavy atom. The summed E-state index contributed by atoms with van der Waals surface area (Å²) in [6.07, 6.45) is 2.16. The highest BCUT2D eigenvalue weighted by atomic mass is 35.5. The van der Waals surface area contributed by atoms with E-state index in [4.69, 9.17) is 23.2 Å². The van der Waals surface area contributed by atoms with Crippen LogP contribution < -0.4 is 5.32 Å². The molecule has 0 fully saturated rings. The van der Waals surface area contributed by atoms with Crippen LogP contribution in [0.25, 0.3) is 10.8 Å². The zero-order chi connectivity index (χ0) is 24.7. The fourth-order valence-electron chi connectivity index (χ4n) is 4.11. The maximum Gasteiger partial charge on any atom is 0.243 e. The lowest BCUT2D eigenvalue weighted by Crippen LogP contribution is -2.50. The van der Waals surface area contributed by atoms with Crippen LogP contribution in [0.3, 0.4) is 0 Å². The number of amides is 2. The molecule has 0 saturated carbocycles. The van der Waals surface area contributed by atoms with Gasteiger partial charge in [0, 0.05) is 34.6 Å². The molecule has 0 aliphatic carbocycles. The molecule has 0 bridgehead atoms. The monoisotopic (exact) mass is 498 g/mol. The van der Waals surface area contributed by atoms with E-state index in [-0.39, 0.29) is 30.8 Å². The van der Waals surface area contributed by atoms with Crippen molar-refractivity contribution in [3.63, 3.8) is 0 Å². The molecule has 34 heavy (non-hydrogen) atoms. The summed E-state index contributed by atoms with van der Waals surface area (Å²) < 4.78 is 0. The van der Waals surface area contributed by atoms with Crippen molar-refractivity contribution in [1.82, 2.24) is 10.2 Å². The van der Waals surface area contributed by atoms with Crippen LogP contribution in [0.5, 0.6) is 0 Å². The molecular weight excluding hydrogens is 467 g/mol. The fourth-order valence-corrected chi connectivity index (χ4v) is 4.63. The van der Waals surface area contributed by atoms with Gasteiger partial charge >= 0.3 is 0 Å². The highest BCUT2D eigenvalue weighted by Gasteiger charge is 2.30. The number of fused-ring (bicyclic) bond motifs is 1. The normalized spacial score (nSPS) is 12.9. The van der Waals surface area contributed by atoms with E-state index in [1.165, 1.54) is 0 Å². The summed E-state index contributed by atoms with van der Waals surface area (Å²) in [5.74, 6) is -0.256. The van der Waals surface area contributed by atoms with Gasteiger partial charge in [0.05, 0.1) is 0 Å². The van der Waals surface area contributed by atoms with Gasteiger partial charge in [-0.05, 0) is 54.7 Å². The molecule has 6 heteroatoms. The number of carbonyl (C=O) groups excluding carboxylic acids is 2. The van der Waals surface area contributed by atoms with E-state index in [0.29, 0.717) is 28.5 Å². The van der Waals surface area contributed by atoms with Crippen LogP contribution in [0.4, 0.5) is 0 Å². The van der Waals surface area contributed by atoms with E-state index in [0.717, 1.165) is 22.8 Å². The predicted octanol–water partition coefficient (Wildman–Crippen LogP) is 6.80. The second kappa shape index (κ2) is 12.2. The molecule has 3 aromatic carbocycles. The van der Waals surface area contributed by atoms with Gasteiger partial charge in [-0.3, -0.25) is 9.59 Å². The summed E-state index contributed by atoms with van der Waals surface area (Å²) in [5, 5.41) is 6.28. The summed E-state index contributed by atoms with van der Waals surface area (Å²) in [6, 6.07) is 19.0. The van der Waals surface area contributed by atoms with E-state index in [2.05, 4.69) is 29.6 Å². The number of aryl methyl sites for hydroxylation is 1. The summed E-state index contributed by atoms with van der Waals surface area (Å²) in [4.78, 5) is 28.4. The van der Waals surface area contributed by atoms with Crippen molar-refractivity contribution in [3.8, 4) is 0 Å². The minimum Gasteiger partial charge on any atom is -0.352 e. The van der Waals surface area contributed by atoms with Crippen LogP contribution in [-0.4, -0.2) is 28.8 Å². The third kappa shape index (κ3) is 6.31.